The van der Waals surface area contributed by atoms with Crippen molar-refractivity contribution in [2.75, 3.05) is 26.9 Å². The van der Waals surface area contributed by atoms with Crippen molar-refractivity contribution in [3.8, 4) is 5.75 Å². The first-order chi connectivity index (χ1) is 24.7. The first-order valence-corrected chi connectivity index (χ1v) is 17.4. The Balaban J connectivity index is 1.16. The molecule has 13 heteroatoms. The van der Waals surface area contributed by atoms with Gasteiger partial charge in [-0.25, -0.2) is 14.4 Å². The minimum Gasteiger partial charge on any atom is -0.492 e. The molecule has 0 saturated carbocycles. The van der Waals surface area contributed by atoms with E-state index < -0.39 is 48.3 Å². The fourth-order valence-corrected chi connectivity index (χ4v) is 6.47. The van der Waals surface area contributed by atoms with Crippen LogP contribution in [0.5, 0.6) is 5.75 Å². The van der Waals surface area contributed by atoms with Crippen molar-refractivity contribution in [2.24, 2.45) is 0 Å². The van der Waals surface area contributed by atoms with Crippen LogP contribution in [0.4, 0.5) is 9.59 Å². The third-order valence-electron chi connectivity index (χ3n) is 8.90. The second-order valence-electron chi connectivity index (χ2n) is 12.8. The molecule has 274 valence electrons. The van der Waals surface area contributed by atoms with E-state index in [0.29, 0.717) is 31.4 Å². The van der Waals surface area contributed by atoms with Gasteiger partial charge in [-0.1, -0.05) is 60.7 Å². The Morgan fingerprint density at radius 3 is 2.51 bits per heavy atom. The normalized spacial score (nSPS) is 22.0. The number of methoxy groups -OCH3 is 1. The molecule has 51 heavy (non-hydrogen) atoms. The second-order valence-corrected chi connectivity index (χ2v) is 12.8. The predicted molar refractivity (Wildman–Crippen MR) is 187 cm³/mol. The van der Waals surface area contributed by atoms with Crippen LogP contribution in [0.1, 0.15) is 57.4 Å². The number of carbonyl (C=O) groups is 4. The highest BCUT2D eigenvalue weighted by atomic mass is 16.7. The Morgan fingerprint density at radius 1 is 0.922 bits per heavy atom. The predicted octanol–water partition coefficient (Wildman–Crippen LogP) is 5.14. The first kappa shape index (κ1) is 37.4. The lowest BCUT2D eigenvalue weighted by atomic mass is 9.90. The van der Waals surface area contributed by atoms with Crippen LogP contribution in [0.2, 0.25) is 0 Å². The third-order valence-corrected chi connectivity index (χ3v) is 8.90. The van der Waals surface area contributed by atoms with Crippen LogP contribution in [-0.4, -0.2) is 81.1 Å². The van der Waals surface area contributed by atoms with E-state index >= 15 is 0 Å². The summed E-state index contributed by atoms with van der Waals surface area (Å²) in [7, 11) is 1.26. The Bertz CT molecular complexity index is 1620. The van der Waals surface area contributed by atoms with E-state index in [9.17, 15) is 19.2 Å². The van der Waals surface area contributed by atoms with Crippen LogP contribution in [-0.2, 0) is 39.8 Å². The lowest BCUT2D eigenvalue weighted by Crippen LogP contribution is -2.53. The molecule has 3 aromatic carbocycles. The van der Waals surface area contributed by atoms with Crippen molar-refractivity contribution in [3.05, 3.63) is 78.4 Å². The number of carbonyl (C=O) groups excluding carboxylic acids is 4. The van der Waals surface area contributed by atoms with Gasteiger partial charge in [0.25, 0.3) is 0 Å². The van der Waals surface area contributed by atoms with Crippen molar-refractivity contribution in [2.45, 2.75) is 88.6 Å². The number of hydrogen-bond donors (Lipinski definition) is 3. The number of fused-ring (bicyclic) bond motifs is 1. The fourth-order valence-electron chi connectivity index (χ4n) is 6.47. The fraction of sp³-hybridized carbons (Fsp3) is 0.474. The van der Waals surface area contributed by atoms with Gasteiger partial charge in [0.1, 0.15) is 31.1 Å². The lowest BCUT2D eigenvalue weighted by Gasteiger charge is -2.47. The number of amides is 3. The van der Waals surface area contributed by atoms with Crippen LogP contribution in [0.15, 0.2) is 72.8 Å². The van der Waals surface area contributed by atoms with Gasteiger partial charge in [0.05, 0.1) is 25.9 Å². The third kappa shape index (κ3) is 11.3. The highest BCUT2D eigenvalue weighted by Crippen LogP contribution is 2.41. The van der Waals surface area contributed by atoms with Gasteiger partial charge in [-0.3, -0.25) is 4.79 Å². The maximum Gasteiger partial charge on any atom is 0.407 e. The number of benzene rings is 3. The molecule has 2 saturated heterocycles. The molecule has 0 aliphatic carbocycles. The molecule has 5 rings (SSSR count). The van der Waals surface area contributed by atoms with E-state index in [0.717, 1.165) is 22.8 Å². The van der Waals surface area contributed by atoms with Gasteiger partial charge in [0.15, 0.2) is 5.79 Å². The summed E-state index contributed by atoms with van der Waals surface area (Å²) in [5, 5.41) is 10.3. The zero-order chi connectivity index (χ0) is 36.1. The van der Waals surface area contributed by atoms with Crippen molar-refractivity contribution in [1.82, 2.24) is 16.0 Å². The molecule has 3 N–H and O–H groups in total. The first-order valence-electron chi connectivity index (χ1n) is 17.4. The highest BCUT2D eigenvalue weighted by molar-refractivity contribution is 5.86. The van der Waals surface area contributed by atoms with Crippen LogP contribution >= 0.6 is 0 Å². The quantitative estimate of drug-likeness (QED) is 0.116. The van der Waals surface area contributed by atoms with Crippen LogP contribution in [0, 0.1) is 0 Å². The van der Waals surface area contributed by atoms with E-state index in [1.807, 2.05) is 72.8 Å². The lowest BCUT2D eigenvalue weighted by molar-refractivity contribution is -0.329. The highest BCUT2D eigenvalue weighted by Gasteiger charge is 2.47. The molecule has 0 radical (unpaired) electrons. The zero-order valence-electron chi connectivity index (χ0n) is 29.1. The summed E-state index contributed by atoms with van der Waals surface area (Å²) >= 11 is 0. The van der Waals surface area contributed by atoms with Gasteiger partial charge in [0, 0.05) is 32.2 Å². The molecular weight excluding hydrogens is 658 g/mol. The summed E-state index contributed by atoms with van der Waals surface area (Å²) in [6.07, 6.45) is 0.237. The topological polar surface area (TPSA) is 160 Å². The van der Waals surface area contributed by atoms with Gasteiger partial charge in [0.2, 0.25) is 5.91 Å². The Morgan fingerprint density at radius 2 is 1.69 bits per heavy atom. The summed E-state index contributed by atoms with van der Waals surface area (Å²) in [6, 6.07) is 22.4. The number of nitrogens with one attached hydrogen (secondary N) is 3. The van der Waals surface area contributed by atoms with Crippen molar-refractivity contribution < 1.29 is 47.6 Å². The molecule has 0 bridgehead atoms. The second kappa shape index (κ2) is 18.4. The van der Waals surface area contributed by atoms with Crippen molar-refractivity contribution in [1.29, 1.82) is 0 Å². The van der Waals surface area contributed by atoms with Gasteiger partial charge in [-0.2, -0.15) is 0 Å². The molecule has 1 spiro atoms. The summed E-state index contributed by atoms with van der Waals surface area (Å²) in [5.41, 5.74) is 0.963. The number of para-hydroxylation sites is 1. The summed E-state index contributed by atoms with van der Waals surface area (Å²) in [5.74, 6) is -1.28. The molecular formula is C38H47N3O10. The largest absolute Gasteiger partial charge is 0.492 e. The molecule has 3 amide bonds. The Kier molecular flexibility index (Phi) is 13.5. The van der Waals surface area contributed by atoms with Crippen molar-refractivity contribution in [3.63, 3.8) is 0 Å². The standard InChI is InChI=1S/C38H47N3O10/c1-26(35(43)46-2)41-34(42)18-17-30-22-32(49-37(45)40-24-28-12-8-11-27-10-6-7-16-33(27)28)23-38(50-30)19-9-15-31(51-38)25-48-36(44)39-20-21-47-29-13-4-3-5-14-29/h3-8,10-14,16,26,30-32H,9,15,17-25H2,1-2H3,(H,39,44)(H,40,45)(H,41,42)/t26-,30+,31+,32+,38-/m0/s1. The van der Waals surface area contributed by atoms with Crippen LogP contribution in [0.3, 0.4) is 0 Å². The number of hydrogen-bond acceptors (Lipinski definition) is 10. The van der Waals surface area contributed by atoms with E-state index in [2.05, 4.69) is 16.0 Å². The number of alkyl carbamates (subject to hydrolysis) is 2. The van der Waals surface area contributed by atoms with Gasteiger partial charge in [-0.05, 0) is 54.7 Å². The number of esters is 1. The average molecular weight is 706 g/mol. The number of rotatable bonds is 14. The van der Waals surface area contributed by atoms with Crippen molar-refractivity contribution >= 4 is 34.8 Å². The monoisotopic (exact) mass is 705 g/mol. The van der Waals surface area contributed by atoms with Gasteiger partial charge >= 0.3 is 18.2 Å². The molecule has 2 heterocycles. The summed E-state index contributed by atoms with van der Waals surface area (Å²) < 4.78 is 34.7. The van der Waals surface area contributed by atoms with E-state index in [4.69, 9.17) is 28.4 Å². The van der Waals surface area contributed by atoms with Crippen LogP contribution in [0.25, 0.3) is 10.8 Å². The molecule has 13 nitrogen and oxygen atoms in total. The van der Waals surface area contributed by atoms with Crippen LogP contribution < -0.4 is 20.7 Å². The smallest absolute Gasteiger partial charge is 0.407 e. The molecule has 5 atom stereocenters. The molecule has 3 aromatic rings. The maximum atomic E-state index is 13.1. The zero-order valence-corrected chi connectivity index (χ0v) is 29.1. The maximum absolute atomic E-state index is 13.1. The average Bonchev–Trinajstić information content (AvgIpc) is 3.14. The Labute approximate surface area is 297 Å². The minimum absolute atomic E-state index is 0.00597. The van der Waals surface area contributed by atoms with Gasteiger partial charge in [-0.15, -0.1) is 0 Å². The van der Waals surface area contributed by atoms with E-state index in [-0.39, 0.29) is 45.1 Å². The molecule has 0 unspecified atom stereocenters. The summed E-state index contributed by atoms with van der Waals surface area (Å²) in [4.78, 5) is 50.0. The molecule has 2 aliphatic rings. The molecule has 2 fully saturated rings. The SMILES string of the molecule is COC(=O)[C@H](C)NC(=O)CC[C@@H]1C[C@@H](OC(=O)NCc2cccc3ccccc23)C[C@@]2(CCC[C@H](COC(=O)NCCOc3ccccc3)O2)O1. The molecule has 0 aromatic heterocycles. The number of ether oxygens (including phenoxy) is 6. The summed E-state index contributed by atoms with van der Waals surface area (Å²) in [6.45, 7) is 2.39. The minimum atomic E-state index is -1.11. The van der Waals surface area contributed by atoms with Gasteiger partial charge < -0.3 is 44.4 Å². The van der Waals surface area contributed by atoms with E-state index in [1.165, 1.54) is 7.11 Å². The van der Waals surface area contributed by atoms with E-state index in [1.54, 1.807) is 6.92 Å². The Hall–Kier alpha value is -4.88. The molecule has 2 aliphatic heterocycles.